The zero-order valence-corrected chi connectivity index (χ0v) is 6.94. The first-order chi connectivity index (χ1) is 5.20. The lowest BCUT2D eigenvalue weighted by molar-refractivity contribution is -0.112. The van der Waals surface area contributed by atoms with Crippen LogP contribution in [0.2, 0.25) is 0 Å². The summed E-state index contributed by atoms with van der Waals surface area (Å²) in [6.45, 7) is 5.16. The Morgan fingerprint density at radius 2 is 2.55 bits per heavy atom. The highest BCUT2D eigenvalue weighted by molar-refractivity contribution is 7.13. The molecule has 0 aromatic carbocycles. The maximum Gasteiger partial charge on any atom is 0.252 e. The Balaban J connectivity index is 2.57. The van der Waals surface area contributed by atoms with Crippen LogP contribution in [0.4, 0.5) is 5.13 Å². The van der Waals surface area contributed by atoms with Crippen LogP contribution in [-0.2, 0) is 4.79 Å². The summed E-state index contributed by atoms with van der Waals surface area (Å²) in [5.41, 5.74) is 0.486. The third kappa shape index (κ3) is 2.16. The van der Waals surface area contributed by atoms with Crippen LogP contribution in [0.1, 0.15) is 6.92 Å². The molecular formula is C7H8N2OS. The lowest BCUT2D eigenvalue weighted by atomic mass is 10.3. The number of hydrogen-bond donors (Lipinski definition) is 1. The Labute approximate surface area is 68.8 Å². The van der Waals surface area contributed by atoms with E-state index in [4.69, 9.17) is 0 Å². The number of amides is 1. The molecule has 1 aromatic rings. The highest BCUT2D eigenvalue weighted by Crippen LogP contribution is 2.10. The van der Waals surface area contributed by atoms with Crippen molar-refractivity contribution >= 4 is 22.4 Å². The van der Waals surface area contributed by atoms with Crippen molar-refractivity contribution in [2.24, 2.45) is 0 Å². The molecule has 3 nitrogen and oxygen atoms in total. The molecule has 0 bridgehead atoms. The fourth-order valence-corrected chi connectivity index (χ4v) is 1.01. The largest absolute Gasteiger partial charge is 0.298 e. The second-order valence-corrected chi connectivity index (χ2v) is 2.97. The van der Waals surface area contributed by atoms with Crippen molar-refractivity contribution in [1.82, 2.24) is 4.98 Å². The minimum absolute atomic E-state index is 0.181. The Hall–Kier alpha value is -1.16. The first kappa shape index (κ1) is 7.94. The summed E-state index contributed by atoms with van der Waals surface area (Å²) in [6, 6.07) is 0. The maximum absolute atomic E-state index is 11.0. The highest BCUT2D eigenvalue weighted by Gasteiger charge is 2.02. The Bertz CT molecular complexity index is 266. The predicted molar refractivity (Wildman–Crippen MR) is 45.6 cm³/mol. The minimum atomic E-state index is -0.181. The fraction of sp³-hybridized carbons (Fsp3) is 0.143. The molecule has 1 aromatic heterocycles. The van der Waals surface area contributed by atoms with Crippen LogP contribution in [0.5, 0.6) is 0 Å². The number of carbonyl (C=O) groups is 1. The van der Waals surface area contributed by atoms with Gasteiger partial charge in [0.25, 0.3) is 5.91 Å². The zero-order chi connectivity index (χ0) is 8.27. The van der Waals surface area contributed by atoms with E-state index in [-0.39, 0.29) is 5.91 Å². The Morgan fingerprint density at radius 1 is 1.82 bits per heavy atom. The quantitative estimate of drug-likeness (QED) is 0.682. The second kappa shape index (κ2) is 3.30. The number of nitrogens with zero attached hydrogens (tertiary/aromatic N) is 1. The molecule has 1 N–H and O–H groups in total. The predicted octanol–water partition coefficient (Wildman–Crippen LogP) is 1.66. The van der Waals surface area contributed by atoms with Crippen LogP contribution in [0.25, 0.3) is 0 Å². The van der Waals surface area contributed by atoms with Gasteiger partial charge < -0.3 is 0 Å². The van der Waals surface area contributed by atoms with E-state index < -0.39 is 0 Å². The SMILES string of the molecule is C=C(C)C(=O)Nc1nccs1. The number of thiazole rings is 1. The molecule has 0 aliphatic rings. The van der Waals surface area contributed by atoms with Crippen molar-refractivity contribution in [2.45, 2.75) is 6.92 Å². The van der Waals surface area contributed by atoms with Crippen molar-refractivity contribution < 1.29 is 4.79 Å². The van der Waals surface area contributed by atoms with E-state index in [0.29, 0.717) is 10.7 Å². The fourth-order valence-electron chi connectivity index (χ4n) is 0.489. The molecule has 1 heterocycles. The molecule has 0 fully saturated rings. The molecule has 4 heteroatoms. The molecule has 0 unspecified atom stereocenters. The molecular weight excluding hydrogens is 160 g/mol. The molecule has 0 radical (unpaired) electrons. The number of aromatic nitrogens is 1. The number of rotatable bonds is 2. The normalized spacial score (nSPS) is 9.18. The first-order valence-electron chi connectivity index (χ1n) is 3.06. The van der Waals surface area contributed by atoms with Gasteiger partial charge >= 0.3 is 0 Å². The number of carbonyl (C=O) groups excluding carboxylic acids is 1. The number of nitrogens with one attached hydrogen (secondary N) is 1. The van der Waals surface area contributed by atoms with E-state index in [1.54, 1.807) is 18.5 Å². The van der Waals surface area contributed by atoms with Crippen molar-refractivity contribution in [2.75, 3.05) is 5.32 Å². The third-order valence-electron chi connectivity index (χ3n) is 1.04. The van der Waals surface area contributed by atoms with Crippen molar-refractivity contribution in [3.63, 3.8) is 0 Å². The molecule has 0 aliphatic carbocycles. The van der Waals surface area contributed by atoms with E-state index in [0.717, 1.165) is 0 Å². The molecule has 11 heavy (non-hydrogen) atoms. The Kier molecular flexibility index (Phi) is 2.38. The monoisotopic (exact) mass is 168 g/mol. The lowest BCUT2D eigenvalue weighted by Crippen LogP contribution is -2.11. The van der Waals surface area contributed by atoms with E-state index in [1.807, 2.05) is 0 Å². The summed E-state index contributed by atoms with van der Waals surface area (Å²) in [6.07, 6.45) is 1.64. The molecule has 1 amide bonds. The van der Waals surface area contributed by atoms with Crippen LogP contribution in [0, 0.1) is 0 Å². The first-order valence-corrected chi connectivity index (χ1v) is 3.94. The van der Waals surface area contributed by atoms with Gasteiger partial charge in [-0.15, -0.1) is 11.3 Å². The number of anilines is 1. The molecule has 0 spiro atoms. The van der Waals surface area contributed by atoms with Crippen LogP contribution in [0.3, 0.4) is 0 Å². The van der Waals surface area contributed by atoms with Gasteiger partial charge in [0.15, 0.2) is 5.13 Å². The molecule has 0 saturated carbocycles. The average molecular weight is 168 g/mol. The van der Waals surface area contributed by atoms with Crippen LogP contribution in [-0.4, -0.2) is 10.9 Å². The highest BCUT2D eigenvalue weighted by atomic mass is 32.1. The zero-order valence-electron chi connectivity index (χ0n) is 6.13. The molecule has 0 aliphatic heterocycles. The van der Waals surface area contributed by atoms with Gasteiger partial charge in [0, 0.05) is 17.2 Å². The Morgan fingerprint density at radius 3 is 3.00 bits per heavy atom. The molecule has 0 saturated heterocycles. The lowest BCUT2D eigenvalue weighted by Gasteiger charge is -1.97. The number of hydrogen-bond acceptors (Lipinski definition) is 3. The second-order valence-electron chi connectivity index (χ2n) is 2.07. The van der Waals surface area contributed by atoms with Crippen molar-refractivity contribution in [1.29, 1.82) is 0 Å². The van der Waals surface area contributed by atoms with Gasteiger partial charge in [-0.25, -0.2) is 4.98 Å². The van der Waals surface area contributed by atoms with Crippen LogP contribution < -0.4 is 5.32 Å². The summed E-state index contributed by atoms with van der Waals surface area (Å²) in [4.78, 5) is 14.9. The van der Waals surface area contributed by atoms with Gasteiger partial charge in [0.1, 0.15) is 0 Å². The molecule has 58 valence electrons. The van der Waals surface area contributed by atoms with Gasteiger partial charge in [-0.2, -0.15) is 0 Å². The van der Waals surface area contributed by atoms with Gasteiger partial charge in [0.2, 0.25) is 0 Å². The third-order valence-corrected chi connectivity index (χ3v) is 1.73. The smallest absolute Gasteiger partial charge is 0.252 e. The van der Waals surface area contributed by atoms with Crippen LogP contribution in [0.15, 0.2) is 23.7 Å². The van der Waals surface area contributed by atoms with Crippen LogP contribution >= 0.6 is 11.3 Å². The molecule has 0 atom stereocenters. The van der Waals surface area contributed by atoms with Crippen molar-refractivity contribution in [3.8, 4) is 0 Å². The van der Waals surface area contributed by atoms with E-state index in [2.05, 4.69) is 16.9 Å². The van der Waals surface area contributed by atoms with Crippen molar-refractivity contribution in [3.05, 3.63) is 23.7 Å². The van der Waals surface area contributed by atoms with Gasteiger partial charge in [-0.1, -0.05) is 6.58 Å². The van der Waals surface area contributed by atoms with Gasteiger partial charge in [-0.05, 0) is 6.92 Å². The summed E-state index contributed by atoms with van der Waals surface area (Å²) in [7, 11) is 0. The topological polar surface area (TPSA) is 42.0 Å². The standard InChI is InChI=1S/C7H8N2OS/c1-5(2)6(10)9-7-8-3-4-11-7/h3-4H,1H2,2H3,(H,8,9,10). The summed E-state index contributed by atoms with van der Waals surface area (Å²) in [5, 5.41) is 5.00. The average Bonchev–Trinajstić information content (AvgIpc) is 2.39. The molecule has 1 rings (SSSR count). The minimum Gasteiger partial charge on any atom is -0.298 e. The van der Waals surface area contributed by atoms with E-state index >= 15 is 0 Å². The van der Waals surface area contributed by atoms with E-state index in [1.165, 1.54) is 11.3 Å². The maximum atomic E-state index is 11.0. The summed E-state index contributed by atoms with van der Waals surface area (Å²) >= 11 is 1.38. The van der Waals surface area contributed by atoms with E-state index in [9.17, 15) is 4.79 Å². The van der Waals surface area contributed by atoms with Gasteiger partial charge in [0.05, 0.1) is 0 Å². The summed E-state index contributed by atoms with van der Waals surface area (Å²) < 4.78 is 0. The summed E-state index contributed by atoms with van der Waals surface area (Å²) in [5.74, 6) is -0.181. The van der Waals surface area contributed by atoms with Gasteiger partial charge in [-0.3, -0.25) is 10.1 Å².